The van der Waals surface area contributed by atoms with E-state index in [2.05, 4.69) is 0 Å². The Morgan fingerprint density at radius 2 is 2.05 bits per heavy atom. The molecule has 0 saturated heterocycles. The highest BCUT2D eigenvalue weighted by Crippen LogP contribution is 2.24. The molecule has 0 aliphatic heterocycles. The fourth-order valence-electron chi connectivity index (χ4n) is 2.54. The summed E-state index contributed by atoms with van der Waals surface area (Å²) in [6.45, 7) is 0.228. The van der Waals surface area contributed by atoms with Crippen LogP contribution in [-0.4, -0.2) is 17.8 Å². The molecule has 1 aliphatic rings. The van der Waals surface area contributed by atoms with Crippen LogP contribution < -0.4 is 5.73 Å². The van der Waals surface area contributed by atoms with E-state index >= 15 is 0 Å². The van der Waals surface area contributed by atoms with Crippen molar-refractivity contribution in [3.05, 3.63) is 35.9 Å². The summed E-state index contributed by atoms with van der Waals surface area (Å²) in [5, 5.41) is 0. The SMILES string of the molecule is N[C@@H](CC1CCCCC1=O)C(=O)OCc1ccccc1. The van der Waals surface area contributed by atoms with Gasteiger partial charge in [0.2, 0.25) is 0 Å². The van der Waals surface area contributed by atoms with Crippen molar-refractivity contribution < 1.29 is 14.3 Å². The lowest BCUT2D eigenvalue weighted by Gasteiger charge is -2.22. The van der Waals surface area contributed by atoms with Crippen molar-refractivity contribution in [3.8, 4) is 0 Å². The van der Waals surface area contributed by atoms with Crippen LogP contribution in [0.4, 0.5) is 0 Å². The van der Waals surface area contributed by atoms with Gasteiger partial charge in [0.15, 0.2) is 0 Å². The summed E-state index contributed by atoms with van der Waals surface area (Å²) in [6, 6.07) is 8.78. The monoisotopic (exact) mass is 275 g/mol. The van der Waals surface area contributed by atoms with E-state index in [1.54, 1.807) is 0 Å². The molecule has 0 radical (unpaired) electrons. The maximum Gasteiger partial charge on any atom is 0.323 e. The van der Waals surface area contributed by atoms with Crippen molar-refractivity contribution in [1.29, 1.82) is 0 Å². The van der Waals surface area contributed by atoms with Gasteiger partial charge in [-0.05, 0) is 24.8 Å². The predicted molar refractivity (Wildman–Crippen MR) is 75.8 cm³/mol. The number of esters is 1. The van der Waals surface area contributed by atoms with Gasteiger partial charge in [-0.3, -0.25) is 9.59 Å². The molecular weight excluding hydrogens is 254 g/mol. The first kappa shape index (κ1) is 14.7. The van der Waals surface area contributed by atoms with E-state index in [1.807, 2.05) is 30.3 Å². The van der Waals surface area contributed by atoms with E-state index in [0.717, 1.165) is 24.8 Å². The molecule has 0 bridgehead atoms. The third-order valence-electron chi connectivity index (χ3n) is 3.75. The lowest BCUT2D eigenvalue weighted by molar-refractivity contribution is -0.147. The minimum absolute atomic E-state index is 0.0666. The van der Waals surface area contributed by atoms with E-state index in [4.69, 9.17) is 10.5 Å². The Hall–Kier alpha value is -1.68. The number of ether oxygens (including phenoxy) is 1. The first-order valence-corrected chi connectivity index (χ1v) is 7.15. The smallest absolute Gasteiger partial charge is 0.323 e. The first-order chi connectivity index (χ1) is 9.66. The zero-order valence-electron chi connectivity index (χ0n) is 11.6. The van der Waals surface area contributed by atoms with E-state index < -0.39 is 12.0 Å². The quantitative estimate of drug-likeness (QED) is 0.836. The summed E-state index contributed by atoms with van der Waals surface area (Å²) in [6.07, 6.45) is 3.88. The summed E-state index contributed by atoms with van der Waals surface area (Å²) in [4.78, 5) is 23.6. The van der Waals surface area contributed by atoms with Gasteiger partial charge in [0, 0.05) is 12.3 Å². The van der Waals surface area contributed by atoms with Crippen molar-refractivity contribution in [2.24, 2.45) is 11.7 Å². The zero-order chi connectivity index (χ0) is 14.4. The molecule has 1 aliphatic carbocycles. The molecule has 2 N–H and O–H groups in total. The van der Waals surface area contributed by atoms with Crippen LogP contribution in [0.1, 0.15) is 37.7 Å². The Bertz CT molecular complexity index is 458. The van der Waals surface area contributed by atoms with Gasteiger partial charge in [0.05, 0.1) is 0 Å². The van der Waals surface area contributed by atoms with Crippen molar-refractivity contribution >= 4 is 11.8 Å². The van der Waals surface area contributed by atoms with Gasteiger partial charge in [-0.15, -0.1) is 0 Å². The Morgan fingerprint density at radius 1 is 1.30 bits per heavy atom. The molecule has 1 aromatic rings. The van der Waals surface area contributed by atoms with Crippen molar-refractivity contribution in [2.75, 3.05) is 0 Å². The molecule has 1 aromatic carbocycles. The van der Waals surface area contributed by atoms with Crippen LogP contribution >= 0.6 is 0 Å². The first-order valence-electron chi connectivity index (χ1n) is 7.15. The molecule has 0 heterocycles. The number of ketones is 1. The molecule has 0 spiro atoms. The molecule has 0 aromatic heterocycles. The minimum Gasteiger partial charge on any atom is -0.460 e. The fraction of sp³-hybridized carbons (Fsp3) is 0.500. The lowest BCUT2D eigenvalue weighted by atomic mass is 9.84. The second kappa shape index (κ2) is 7.20. The molecule has 2 atom stereocenters. The number of hydrogen-bond acceptors (Lipinski definition) is 4. The second-order valence-corrected chi connectivity index (χ2v) is 5.34. The van der Waals surface area contributed by atoms with Gasteiger partial charge in [-0.1, -0.05) is 36.8 Å². The van der Waals surface area contributed by atoms with Crippen molar-refractivity contribution in [1.82, 2.24) is 0 Å². The number of rotatable bonds is 5. The maximum absolute atomic E-state index is 11.8. The molecule has 4 nitrogen and oxygen atoms in total. The van der Waals surface area contributed by atoms with Crippen LogP contribution in [0.3, 0.4) is 0 Å². The molecule has 4 heteroatoms. The number of benzene rings is 1. The van der Waals surface area contributed by atoms with Gasteiger partial charge in [-0.2, -0.15) is 0 Å². The second-order valence-electron chi connectivity index (χ2n) is 5.34. The average molecular weight is 275 g/mol. The predicted octanol–water partition coefficient (Wildman–Crippen LogP) is 2.21. The van der Waals surface area contributed by atoms with Gasteiger partial charge >= 0.3 is 5.97 Å². The number of carbonyl (C=O) groups is 2. The summed E-state index contributed by atoms with van der Waals surface area (Å²) in [5.41, 5.74) is 6.78. The topological polar surface area (TPSA) is 69.4 Å². The molecule has 108 valence electrons. The van der Waals surface area contributed by atoms with Crippen molar-refractivity contribution in [2.45, 2.75) is 44.8 Å². The van der Waals surface area contributed by atoms with Crippen LogP contribution in [0.15, 0.2) is 30.3 Å². The van der Waals surface area contributed by atoms with Crippen molar-refractivity contribution in [3.63, 3.8) is 0 Å². The van der Waals surface area contributed by atoms with Crippen LogP contribution in [0.25, 0.3) is 0 Å². The number of carbonyl (C=O) groups excluding carboxylic acids is 2. The normalized spacial score (nSPS) is 20.4. The van der Waals surface area contributed by atoms with E-state index in [1.165, 1.54) is 0 Å². The Balaban J connectivity index is 1.78. The zero-order valence-corrected chi connectivity index (χ0v) is 11.6. The highest BCUT2D eigenvalue weighted by atomic mass is 16.5. The largest absolute Gasteiger partial charge is 0.460 e. The van der Waals surface area contributed by atoms with Gasteiger partial charge < -0.3 is 10.5 Å². The van der Waals surface area contributed by atoms with E-state index in [9.17, 15) is 9.59 Å². The van der Waals surface area contributed by atoms with Crippen LogP contribution in [-0.2, 0) is 20.9 Å². The average Bonchev–Trinajstić information content (AvgIpc) is 2.48. The summed E-state index contributed by atoms with van der Waals surface area (Å²) < 4.78 is 5.19. The molecular formula is C16H21NO3. The lowest BCUT2D eigenvalue weighted by Crippen LogP contribution is -2.36. The highest BCUT2D eigenvalue weighted by molar-refractivity contribution is 5.83. The third kappa shape index (κ3) is 4.17. The Labute approximate surface area is 119 Å². The molecule has 2 rings (SSSR count). The fourth-order valence-corrected chi connectivity index (χ4v) is 2.54. The van der Waals surface area contributed by atoms with E-state index in [-0.39, 0.29) is 18.3 Å². The van der Waals surface area contributed by atoms with Crippen LogP contribution in [0.5, 0.6) is 0 Å². The standard InChI is InChI=1S/C16H21NO3/c17-14(10-13-8-4-5-9-15(13)18)16(19)20-11-12-6-2-1-3-7-12/h1-3,6-7,13-14H,4-5,8-11,17H2/t13?,14-/m0/s1. The van der Waals surface area contributed by atoms with Crippen LogP contribution in [0, 0.1) is 5.92 Å². The minimum atomic E-state index is -0.703. The summed E-state index contributed by atoms with van der Waals surface area (Å²) in [7, 11) is 0. The van der Waals surface area contributed by atoms with Gasteiger partial charge in [-0.25, -0.2) is 0 Å². The molecule has 0 amide bonds. The summed E-state index contributed by atoms with van der Waals surface area (Å²) in [5.74, 6) is -0.252. The number of Topliss-reactive ketones (excluding diaryl/α,β-unsaturated/α-hetero) is 1. The molecule has 1 saturated carbocycles. The molecule has 20 heavy (non-hydrogen) atoms. The van der Waals surface area contributed by atoms with Gasteiger partial charge in [0.1, 0.15) is 18.4 Å². The third-order valence-corrected chi connectivity index (χ3v) is 3.75. The highest BCUT2D eigenvalue weighted by Gasteiger charge is 2.27. The molecule has 1 unspecified atom stereocenters. The van der Waals surface area contributed by atoms with Gasteiger partial charge in [0.25, 0.3) is 0 Å². The molecule has 1 fully saturated rings. The number of hydrogen-bond donors (Lipinski definition) is 1. The van der Waals surface area contributed by atoms with Crippen LogP contribution in [0.2, 0.25) is 0 Å². The Morgan fingerprint density at radius 3 is 2.75 bits per heavy atom. The Kier molecular flexibility index (Phi) is 5.30. The summed E-state index contributed by atoms with van der Waals surface area (Å²) >= 11 is 0. The number of nitrogens with two attached hydrogens (primary N) is 1. The van der Waals surface area contributed by atoms with E-state index in [0.29, 0.717) is 12.8 Å². The maximum atomic E-state index is 11.8.